The molecule has 30 heavy (non-hydrogen) atoms. The van der Waals surface area contributed by atoms with Crippen molar-refractivity contribution in [1.82, 2.24) is 24.2 Å². The molecule has 0 aliphatic rings. The van der Waals surface area contributed by atoms with Crippen molar-refractivity contribution in [3.05, 3.63) is 48.5 Å². The zero-order chi connectivity index (χ0) is 21.7. The number of nitrogens with one attached hydrogen (secondary N) is 2. The summed E-state index contributed by atoms with van der Waals surface area (Å²) in [6, 6.07) is 8.48. The Hall–Kier alpha value is -2.82. The van der Waals surface area contributed by atoms with E-state index in [4.69, 9.17) is 4.74 Å². The standard InChI is InChI=1S/C20H26N6O3S/c1-14(2)26-15(3)22-13-19(26)18-9-10-21-20(25-18)24-16-5-7-17(8-6-16)30(27,28)23-11-12-29-4/h5-10,13-14,23H,11-12H2,1-4H3,(H,21,24,25). The van der Waals surface area contributed by atoms with E-state index in [9.17, 15) is 8.42 Å². The summed E-state index contributed by atoms with van der Waals surface area (Å²) in [4.78, 5) is 13.4. The second-order valence-corrected chi connectivity index (χ2v) is 8.73. The lowest BCUT2D eigenvalue weighted by Gasteiger charge is -2.14. The van der Waals surface area contributed by atoms with Crippen molar-refractivity contribution in [2.24, 2.45) is 0 Å². The van der Waals surface area contributed by atoms with E-state index in [-0.39, 0.29) is 17.5 Å². The van der Waals surface area contributed by atoms with E-state index in [0.29, 0.717) is 18.2 Å². The molecule has 2 heterocycles. The van der Waals surface area contributed by atoms with Crippen LogP contribution in [0.4, 0.5) is 11.6 Å². The molecule has 0 fully saturated rings. The largest absolute Gasteiger partial charge is 0.383 e. The number of anilines is 2. The van der Waals surface area contributed by atoms with Crippen molar-refractivity contribution in [3.8, 4) is 11.4 Å². The van der Waals surface area contributed by atoms with E-state index in [1.807, 2.05) is 13.0 Å². The minimum Gasteiger partial charge on any atom is -0.383 e. The second kappa shape index (κ2) is 9.33. The lowest BCUT2D eigenvalue weighted by Crippen LogP contribution is -2.27. The van der Waals surface area contributed by atoms with Crippen LogP contribution >= 0.6 is 0 Å². The SMILES string of the molecule is COCCNS(=O)(=O)c1ccc(Nc2nccc(-c3cnc(C)n3C(C)C)n2)cc1. The minimum absolute atomic E-state index is 0.176. The molecule has 0 radical (unpaired) electrons. The van der Waals surface area contributed by atoms with Gasteiger partial charge in [0.15, 0.2) is 0 Å². The summed E-state index contributed by atoms with van der Waals surface area (Å²) in [5.41, 5.74) is 2.34. The molecule has 0 aliphatic carbocycles. The number of nitrogens with zero attached hydrogens (tertiary/aromatic N) is 4. The van der Waals surface area contributed by atoms with Crippen molar-refractivity contribution in [2.45, 2.75) is 31.7 Å². The van der Waals surface area contributed by atoms with Crippen LogP contribution in [-0.2, 0) is 14.8 Å². The van der Waals surface area contributed by atoms with Crippen LogP contribution in [0, 0.1) is 6.92 Å². The number of benzene rings is 1. The molecule has 0 bridgehead atoms. The number of imidazole rings is 1. The fourth-order valence-electron chi connectivity index (χ4n) is 3.06. The van der Waals surface area contributed by atoms with Gasteiger partial charge in [-0.3, -0.25) is 0 Å². The monoisotopic (exact) mass is 430 g/mol. The number of methoxy groups -OCH3 is 1. The maximum Gasteiger partial charge on any atom is 0.240 e. The van der Waals surface area contributed by atoms with Gasteiger partial charge in [-0.25, -0.2) is 28.1 Å². The second-order valence-electron chi connectivity index (χ2n) is 6.96. The number of hydrogen-bond donors (Lipinski definition) is 2. The van der Waals surface area contributed by atoms with Gasteiger partial charge in [0.25, 0.3) is 0 Å². The fraction of sp³-hybridized carbons (Fsp3) is 0.350. The van der Waals surface area contributed by atoms with Crippen LogP contribution in [0.25, 0.3) is 11.4 Å². The van der Waals surface area contributed by atoms with E-state index in [2.05, 4.69) is 43.4 Å². The van der Waals surface area contributed by atoms with Gasteiger partial charge in [0.05, 0.1) is 29.1 Å². The Labute approximate surface area is 176 Å². The van der Waals surface area contributed by atoms with Crippen molar-refractivity contribution in [1.29, 1.82) is 0 Å². The molecule has 160 valence electrons. The third-order valence-electron chi connectivity index (χ3n) is 4.44. The van der Waals surface area contributed by atoms with Gasteiger partial charge in [0.1, 0.15) is 5.82 Å². The summed E-state index contributed by atoms with van der Waals surface area (Å²) in [6.07, 6.45) is 3.48. The summed E-state index contributed by atoms with van der Waals surface area (Å²) in [6.45, 7) is 6.67. The molecule has 0 unspecified atom stereocenters. The molecule has 0 saturated heterocycles. The molecule has 2 aromatic heterocycles. The van der Waals surface area contributed by atoms with Crippen LogP contribution in [0.2, 0.25) is 0 Å². The first-order valence-corrected chi connectivity index (χ1v) is 11.0. The van der Waals surface area contributed by atoms with Crippen molar-refractivity contribution < 1.29 is 13.2 Å². The fourth-order valence-corrected chi connectivity index (χ4v) is 4.08. The average molecular weight is 431 g/mol. The number of rotatable bonds is 9. The van der Waals surface area contributed by atoms with Crippen LogP contribution in [-0.4, -0.2) is 48.2 Å². The minimum atomic E-state index is -3.57. The molecule has 9 nitrogen and oxygen atoms in total. The molecular weight excluding hydrogens is 404 g/mol. The Kier molecular flexibility index (Phi) is 6.80. The number of aryl methyl sites for hydroxylation is 1. The van der Waals surface area contributed by atoms with Gasteiger partial charge in [0, 0.05) is 31.6 Å². The van der Waals surface area contributed by atoms with E-state index >= 15 is 0 Å². The lowest BCUT2D eigenvalue weighted by molar-refractivity contribution is 0.204. The average Bonchev–Trinajstić information content (AvgIpc) is 3.10. The van der Waals surface area contributed by atoms with Gasteiger partial charge < -0.3 is 14.6 Å². The predicted octanol–water partition coefficient (Wildman–Crippen LogP) is 2.90. The molecule has 3 aromatic rings. The first-order chi connectivity index (χ1) is 14.3. The van der Waals surface area contributed by atoms with Crippen LogP contribution in [0.5, 0.6) is 0 Å². The van der Waals surface area contributed by atoms with Gasteiger partial charge in [-0.2, -0.15) is 0 Å². The molecule has 0 saturated carbocycles. The van der Waals surface area contributed by atoms with E-state index < -0.39 is 10.0 Å². The highest BCUT2D eigenvalue weighted by molar-refractivity contribution is 7.89. The highest BCUT2D eigenvalue weighted by atomic mass is 32.2. The molecule has 10 heteroatoms. The molecule has 1 aromatic carbocycles. The Balaban J connectivity index is 1.77. The van der Waals surface area contributed by atoms with E-state index in [1.54, 1.807) is 24.5 Å². The van der Waals surface area contributed by atoms with Crippen molar-refractivity contribution >= 4 is 21.7 Å². The number of aromatic nitrogens is 4. The predicted molar refractivity (Wildman–Crippen MR) is 115 cm³/mol. The highest BCUT2D eigenvalue weighted by Crippen LogP contribution is 2.24. The smallest absolute Gasteiger partial charge is 0.240 e. The van der Waals surface area contributed by atoms with Gasteiger partial charge >= 0.3 is 0 Å². The lowest BCUT2D eigenvalue weighted by atomic mass is 10.2. The first kappa shape index (κ1) is 21.9. The van der Waals surface area contributed by atoms with E-state index in [1.165, 1.54) is 19.2 Å². The Bertz CT molecular complexity index is 1090. The zero-order valence-electron chi connectivity index (χ0n) is 17.5. The van der Waals surface area contributed by atoms with Crippen LogP contribution in [0.3, 0.4) is 0 Å². The van der Waals surface area contributed by atoms with Crippen molar-refractivity contribution in [3.63, 3.8) is 0 Å². The summed E-state index contributed by atoms with van der Waals surface area (Å²) in [7, 11) is -2.06. The Morgan fingerprint density at radius 3 is 2.53 bits per heavy atom. The maximum absolute atomic E-state index is 12.2. The van der Waals surface area contributed by atoms with Gasteiger partial charge in [-0.1, -0.05) is 0 Å². The summed E-state index contributed by atoms with van der Waals surface area (Å²) >= 11 is 0. The summed E-state index contributed by atoms with van der Waals surface area (Å²) in [5.74, 6) is 1.33. The number of sulfonamides is 1. The molecular formula is C20H26N6O3S. The van der Waals surface area contributed by atoms with Gasteiger partial charge in [-0.05, 0) is 51.1 Å². The Morgan fingerprint density at radius 1 is 1.13 bits per heavy atom. The third kappa shape index (κ3) is 5.02. The topological polar surface area (TPSA) is 111 Å². The quantitative estimate of drug-likeness (QED) is 0.502. The summed E-state index contributed by atoms with van der Waals surface area (Å²) in [5, 5.41) is 3.11. The van der Waals surface area contributed by atoms with Crippen LogP contribution in [0.1, 0.15) is 25.7 Å². The first-order valence-electron chi connectivity index (χ1n) is 9.55. The van der Waals surface area contributed by atoms with Crippen LogP contribution < -0.4 is 10.0 Å². The maximum atomic E-state index is 12.2. The van der Waals surface area contributed by atoms with Crippen molar-refractivity contribution in [2.75, 3.05) is 25.6 Å². The number of ether oxygens (including phenoxy) is 1. The Morgan fingerprint density at radius 2 is 1.87 bits per heavy atom. The number of hydrogen-bond acceptors (Lipinski definition) is 7. The third-order valence-corrected chi connectivity index (χ3v) is 5.91. The normalized spacial score (nSPS) is 11.8. The molecule has 3 rings (SSSR count). The highest BCUT2D eigenvalue weighted by Gasteiger charge is 2.15. The van der Waals surface area contributed by atoms with E-state index in [0.717, 1.165) is 17.2 Å². The molecule has 0 spiro atoms. The van der Waals surface area contributed by atoms with Gasteiger partial charge in [-0.15, -0.1) is 0 Å². The zero-order valence-corrected chi connectivity index (χ0v) is 18.3. The summed E-state index contributed by atoms with van der Waals surface area (Å²) < 4.78 is 34.0. The van der Waals surface area contributed by atoms with Gasteiger partial charge in [0.2, 0.25) is 16.0 Å². The molecule has 0 amide bonds. The molecule has 0 atom stereocenters. The molecule has 2 N–H and O–H groups in total. The molecule has 0 aliphatic heterocycles. The van der Waals surface area contributed by atoms with Crippen LogP contribution in [0.15, 0.2) is 47.6 Å².